The summed E-state index contributed by atoms with van der Waals surface area (Å²) in [5.74, 6) is 0. The van der Waals surface area contributed by atoms with E-state index in [1.54, 1.807) is 0 Å². The molecule has 3 heteroatoms. The fraction of sp³-hybridized carbons (Fsp3) is 0.455. The number of nitrogens with two attached hydrogens (primary N) is 1. The van der Waals surface area contributed by atoms with Crippen molar-refractivity contribution in [2.24, 2.45) is 0 Å². The van der Waals surface area contributed by atoms with Gasteiger partial charge in [0.25, 0.3) is 0 Å². The summed E-state index contributed by atoms with van der Waals surface area (Å²) in [4.78, 5) is 0. The fourth-order valence-corrected chi connectivity index (χ4v) is 1.10. The second-order valence-electron chi connectivity index (χ2n) is 3.22. The lowest BCUT2D eigenvalue weighted by molar-refractivity contribution is 0.109. The molecule has 0 spiro atoms. The fourth-order valence-electron chi connectivity index (χ4n) is 1.10. The van der Waals surface area contributed by atoms with Crippen LogP contribution in [0.4, 0.5) is 5.69 Å². The van der Waals surface area contributed by atoms with Gasteiger partial charge in [0, 0.05) is 18.8 Å². The number of hydrogen-bond donors (Lipinski definition) is 2. The van der Waals surface area contributed by atoms with Gasteiger partial charge in [0.15, 0.2) is 0 Å². The minimum atomic E-state index is 0.868. The summed E-state index contributed by atoms with van der Waals surface area (Å²) in [5.41, 5.74) is 7.53. The first-order valence-corrected chi connectivity index (χ1v) is 4.90. The summed E-state index contributed by atoms with van der Waals surface area (Å²) in [7, 11) is 0. The molecule has 0 unspecified atom stereocenters. The van der Waals surface area contributed by atoms with Gasteiger partial charge in [-0.2, -0.15) is 0 Å². The van der Waals surface area contributed by atoms with E-state index < -0.39 is 0 Å². The van der Waals surface area contributed by atoms with E-state index >= 15 is 0 Å². The lowest BCUT2D eigenvalue weighted by Gasteiger charge is -2.10. The van der Waals surface area contributed by atoms with Crippen LogP contribution in [0.15, 0.2) is 24.3 Å². The van der Waals surface area contributed by atoms with Crippen LogP contribution in [-0.4, -0.2) is 26.3 Å². The third-order valence-electron chi connectivity index (χ3n) is 2.03. The van der Waals surface area contributed by atoms with Crippen LogP contribution in [0.1, 0.15) is 5.56 Å². The highest BCUT2D eigenvalue weighted by Crippen LogP contribution is 2.06. The molecule has 1 aromatic rings. The average molecular weight is 194 g/mol. The number of nitrogen functional groups attached to an aromatic ring is 1. The minimum absolute atomic E-state index is 0.868. The zero-order chi connectivity index (χ0) is 10.2. The first-order chi connectivity index (χ1) is 6.80. The molecule has 0 amide bonds. The second kappa shape index (κ2) is 6.40. The van der Waals surface area contributed by atoms with Crippen LogP contribution in [0.5, 0.6) is 0 Å². The lowest BCUT2D eigenvalue weighted by Crippen LogP contribution is -2.30. The molecule has 0 atom stereocenters. The van der Waals surface area contributed by atoms with Gasteiger partial charge in [-0.15, -0.1) is 0 Å². The van der Waals surface area contributed by atoms with Crippen molar-refractivity contribution in [1.82, 2.24) is 5.32 Å². The summed E-state index contributed by atoms with van der Waals surface area (Å²) >= 11 is 0. The van der Waals surface area contributed by atoms with E-state index in [0.717, 1.165) is 37.6 Å². The summed E-state index contributed by atoms with van der Waals surface area (Å²) < 4.78 is 5.01. The molecule has 0 aromatic heterocycles. The van der Waals surface area contributed by atoms with Gasteiger partial charge in [-0.25, -0.2) is 0 Å². The second-order valence-corrected chi connectivity index (χ2v) is 3.22. The van der Waals surface area contributed by atoms with Crippen LogP contribution in [0.2, 0.25) is 0 Å². The largest absolute Gasteiger partial charge is 0.399 e. The van der Waals surface area contributed by atoms with Crippen LogP contribution in [0.25, 0.3) is 0 Å². The van der Waals surface area contributed by atoms with E-state index in [9.17, 15) is 0 Å². The van der Waals surface area contributed by atoms with Crippen molar-refractivity contribution < 1.29 is 4.74 Å². The lowest BCUT2D eigenvalue weighted by atomic mass is 10.2. The molecule has 2 rings (SSSR count). The predicted octanol–water partition coefficient (Wildman–Crippen LogP) is 1.18. The average Bonchev–Trinajstić information content (AvgIpc) is 2.26. The molecule has 0 radical (unpaired) electrons. The van der Waals surface area contributed by atoms with Gasteiger partial charge >= 0.3 is 0 Å². The van der Waals surface area contributed by atoms with Crippen molar-refractivity contribution in [3.63, 3.8) is 0 Å². The first-order valence-electron chi connectivity index (χ1n) is 4.90. The maximum Gasteiger partial charge on any atom is 0.0591 e. The molecule has 78 valence electrons. The zero-order valence-corrected chi connectivity index (χ0v) is 8.62. The van der Waals surface area contributed by atoms with Crippen molar-refractivity contribution in [2.45, 2.75) is 6.92 Å². The topological polar surface area (TPSA) is 47.3 Å². The number of nitrogens with one attached hydrogen (secondary N) is 1. The smallest absolute Gasteiger partial charge is 0.0591 e. The summed E-state index contributed by atoms with van der Waals surface area (Å²) in [6.07, 6.45) is 0. The monoisotopic (exact) mass is 194 g/mol. The molecule has 0 saturated carbocycles. The van der Waals surface area contributed by atoms with Crippen molar-refractivity contribution in [2.75, 3.05) is 32.0 Å². The molecule has 1 aromatic carbocycles. The van der Waals surface area contributed by atoms with Crippen molar-refractivity contribution >= 4 is 5.69 Å². The van der Waals surface area contributed by atoms with Crippen molar-refractivity contribution in [3.05, 3.63) is 29.8 Å². The van der Waals surface area contributed by atoms with Crippen LogP contribution in [0, 0.1) is 6.92 Å². The van der Waals surface area contributed by atoms with Crippen molar-refractivity contribution in [3.8, 4) is 0 Å². The minimum Gasteiger partial charge on any atom is -0.399 e. The van der Waals surface area contributed by atoms with E-state index in [1.165, 1.54) is 0 Å². The highest BCUT2D eigenvalue weighted by atomic mass is 16.5. The highest BCUT2D eigenvalue weighted by molar-refractivity contribution is 5.44. The maximum atomic E-state index is 5.52. The first kappa shape index (κ1) is 11.0. The molecular formula is C11H18N2O. The number of rotatable bonds is 0. The Morgan fingerprint density at radius 1 is 1.21 bits per heavy atom. The van der Waals surface area contributed by atoms with Crippen LogP contribution in [0.3, 0.4) is 0 Å². The van der Waals surface area contributed by atoms with Gasteiger partial charge in [-0.05, 0) is 18.6 Å². The van der Waals surface area contributed by atoms with E-state index in [1.807, 2.05) is 31.2 Å². The van der Waals surface area contributed by atoms with Crippen LogP contribution >= 0.6 is 0 Å². The molecule has 3 N–H and O–H groups in total. The Hall–Kier alpha value is -1.06. The summed E-state index contributed by atoms with van der Waals surface area (Å²) in [5, 5.41) is 3.16. The van der Waals surface area contributed by atoms with E-state index in [0.29, 0.717) is 0 Å². The number of aryl methyl sites for hydroxylation is 1. The van der Waals surface area contributed by atoms with Gasteiger partial charge in [-0.3, -0.25) is 0 Å². The Morgan fingerprint density at radius 3 is 2.14 bits per heavy atom. The Kier molecular flexibility index (Phi) is 5.04. The highest BCUT2D eigenvalue weighted by Gasteiger charge is 1.92. The third-order valence-corrected chi connectivity index (χ3v) is 2.03. The Morgan fingerprint density at radius 2 is 1.86 bits per heavy atom. The molecule has 1 aliphatic rings. The SMILES string of the molecule is C1COCCN1.Cc1ccccc1N. The molecular weight excluding hydrogens is 176 g/mol. The number of morpholine rings is 1. The van der Waals surface area contributed by atoms with Crippen LogP contribution < -0.4 is 11.1 Å². The van der Waals surface area contributed by atoms with E-state index in [-0.39, 0.29) is 0 Å². The number of para-hydroxylation sites is 1. The predicted molar refractivity (Wildman–Crippen MR) is 59.3 cm³/mol. The number of ether oxygens (including phenoxy) is 1. The maximum absolute atomic E-state index is 5.52. The zero-order valence-electron chi connectivity index (χ0n) is 8.62. The molecule has 1 fully saturated rings. The number of benzene rings is 1. The van der Waals surface area contributed by atoms with E-state index in [4.69, 9.17) is 10.5 Å². The van der Waals surface area contributed by atoms with Gasteiger partial charge in [0.1, 0.15) is 0 Å². The normalized spacial score (nSPS) is 15.5. The molecule has 1 saturated heterocycles. The Labute approximate surface area is 85.3 Å². The Bertz CT molecular complexity index is 227. The van der Waals surface area contributed by atoms with Gasteiger partial charge in [0.2, 0.25) is 0 Å². The van der Waals surface area contributed by atoms with Gasteiger partial charge in [-0.1, -0.05) is 18.2 Å². The summed E-state index contributed by atoms with van der Waals surface area (Å²) in [6, 6.07) is 7.80. The molecule has 1 aliphatic heterocycles. The number of anilines is 1. The number of hydrogen-bond acceptors (Lipinski definition) is 3. The molecule has 3 nitrogen and oxygen atoms in total. The summed E-state index contributed by atoms with van der Waals surface area (Å²) in [6.45, 7) is 5.83. The van der Waals surface area contributed by atoms with Crippen LogP contribution in [-0.2, 0) is 4.74 Å². The van der Waals surface area contributed by atoms with Gasteiger partial charge < -0.3 is 15.8 Å². The molecule has 1 heterocycles. The van der Waals surface area contributed by atoms with Gasteiger partial charge in [0.05, 0.1) is 13.2 Å². The molecule has 0 bridgehead atoms. The van der Waals surface area contributed by atoms with E-state index in [2.05, 4.69) is 5.32 Å². The third kappa shape index (κ3) is 4.25. The standard InChI is InChI=1S/C7H9N.C4H9NO/c1-6-4-2-3-5-7(6)8;1-3-6-4-2-5-1/h2-5H,8H2,1H3;5H,1-4H2. The molecule has 14 heavy (non-hydrogen) atoms. The van der Waals surface area contributed by atoms with Crippen molar-refractivity contribution in [1.29, 1.82) is 0 Å². The quantitative estimate of drug-likeness (QED) is 0.610. The Balaban J connectivity index is 0.000000146. The molecule has 0 aliphatic carbocycles.